The van der Waals surface area contributed by atoms with Gasteiger partial charge < -0.3 is 5.32 Å². The van der Waals surface area contributed by atoms with E-state index in [1.165, 1.54) is 48.5 Å². The van der Waals surface area contributed by atoms with E-state index < -0.39 is 15.8 Å². The summed E-state index contributed by atoms with van der Waals surface area (Å²) in [6, 6.07) is 16.2. The smallest absolute Gasteiger partial charge is 0.261 e. The van der Waals surface area contributed by atoms with Crippen molar-refractivity contribution in [1.29, 1.82) is 0 Å². The van der Waals surface area contributed by atoms with E-state index in [-0.39, 0.29) is 16.5 Å². The molecule has 0 atom stereocenters. The Balaban J connectivity index is 1.76. The summed E-state index contributed by atoms with van der Waals surface area (Å²) in [6.45, 7) is 3.88. The molecule has 28 heavy (non-hydrogen) atoms. The third-order valence-electron chi connectivity index (χ3n) is 4.38. The Labute approximate surface area is 163 Å². The highest BCUT2D eigenvalue weighted by Crippen LogP contribution is 2.20. The third kappa shape index (κ3) is 4.37. The summed E-state index contributed by atoms with van der Waals surface area (Å²) in [5, 5.41) is 2.83. The zero-order valence-corrected chi connectivity index (χ0v) is 16.2. The molecule has 0 aliphatic heterocycles. The van der Waals surface area contributed by atoms with Gasteiger partial charge in [0.1, 0.15) is 5.82 Å². The van der Waals surface area contributed by atoms with Crippen LogP contribution in [0.15, 0.2) is 71.6 Å². The first-order valence-corrected chi connectivity index (χ1v) is 10.0. The van der Waals surface area contributed by atoms with Gasteiger partial charge in [-0.3, -0.25) is 9.52 Å². The fraction of sp³-hybridized carbons (Fsp3) is 0.0952. The van der Waals surface area contributed by atoms with E-state index >= 15 is 0 Å². The minimum Gasteiger partial charge on any atom is -0.322 e. The number of amides is 1. The molecule has 0 radical (unpaired) electrons. The fourth-order valence-corrected chi connectivity index (χ4v) is 3.66. The number of carbonyl (C=O) groups is 1. The summed E-state index contributed by atoms with van der Waals surface area (Å²) in [4.78, 5) is 12.4. The molecule has 0 spiro atoms. The van der Waals surface area contributed by atoms with Gasteiger partial charge >= 0.3 is 0 Å². The van der Waals surface area contributed by atoms with E-state index in [2.05, 4.69) is 10.0 Å². The number of sulfonamides is 1. The lowest BCUT2D eigenvalue weighted by atomic mass is 10.1. The van der Waals surface area contributed by atoms with Crippen molar-refractivity contribution < 1.29 is 17.6 Å². The molecule has 3 aromatic rings. The van der Waals surface area contributed by atoms with Crippen molar-refractivity contribution in [3.05, 3.63) is 89.2 Å². The minimum atomic E-state index is -3.84. The van der Waals surface area contributed by atoms with Crippen LogP contribution in [0.5, 0.6) is 0 Å². The van der Waals surface area contributed by atoms with E-state index in [0.29, 0.717) is 11.3 Å². The van der Waals surface area contributed by atoms with Crippen LogP contribution in [0.1, 0.15) is 21.5 Å². The molecule has 0 saturated heterocycles. The Kier molecular flexibility index (Phi) is 5.46. The number of hydrogen-bond donors (Lipinski definition) is 2. The van der Waals surface area contributed by atoms with Crippen LogP contribution in [0.2, 0.25) is 0 Å². The van der Waals surface area contributed by atoms with Crippen LogP contribution in [0.3, 0.4) is 0 Å². The SMILES string of the molecule is Cc1cccc(NC(=O)c2ccc(S(=O)(=O)Nc3ccc(F)cc3)cc2)c1C. The Morgan fingerprint density at radius 3 is 2.18 bits per heavy atom. The van der Waals surface area contributed by atoms with Gasteiger partial charge in [0.25, 0.3) is 15.9 Å². The molecule has 0 fully saturated rings. The van der Waals surface area contributed by atoms with Gasteiger partial charge in [0.15, 0.2) is 0 Å². The number of anilines is 2. The fourth-order valence-electron chi connectivity index (χ4n) is 2.60. The summed E-state index contributed by atoms with van der Waals surface area (Å²) < 4.78 is 40.2. The molecule has 0 saturated carbocycles. The Morgan fingerprint density at radius 2 is 1.54 bits per heavy atom. The molecule has 0 aromatic heterocycles. The van der Waals surface area contributed by atoms with Crippen LogP contribution in [0.25, 0.3) is 0 Å². The number of carbonyl (C=O) groups excluding carboxylic acids is 1. The van der Waals surface area contributed by atoms with Crippen molar-refractivity contribution in [2.24, 2.45) is 0 Å². The molecule has 1 amide bonds. The van der Waals surface area contributed by atoms with Crippen LogP contribution in [-0.2, 0) is 10.0 Å². The zero-order valence-electron chi connectivity index (χ0n) is 15.4. The predicted molar refractivity (Wildman–Crippen MR) is 108 cm³/mol. The Hall–Kier alpha value is -3.19. The summed E-state index contributed by atoms with van der Waals surface area (Å²) >= 11 is 0. The van der Waals surface area contributed by atoms with Crippen LogP contribution in [0, 0.1) is 19.7 Å². The second-order valence-corrected chi connectivity index (χ2v) is 8.02. The van der Waals surface area contributed by atoms with Gasteiger partial charge in [-0.2, -0.15) is 0 Å². The second-order valence-electron chi connectivity index (χ2n) is 6.34. The minimum absolute atomic E-state index is 0.000103. The topological polar surface area (TPSA) is 75.3 Å². The number of rotatable bonds is 5. The molecule has 144 valence electrons. The van der Waals surface area contributed by atoms with Crippen LogP contribution in [-0.4, -0.2) is 14.3 Å². The molecule has 3 aromatic carbocycles. The number of nitrogens with one attached hydrogen (secondary N) is 2. The molecule has 2 N–H and O–H groups in total. The summed E-state index contributed by atoms with van der Waals surface area (Å²) in [6.07, 6.45) is 0. The number of benzene rings is 3. The first-order chi connectivity index (χ1) is 13.3. The summed E-state index contributed by atoms with van der Waals surface area (Å²) in [5.41, 5.74) is 3.32. The molecule has 3 rings (SSSR count). The maximum atomic E-state index is 13.0. The monoisotopic (exact) mass is 398 g/mol. The van der Waals surface area contributed by atoms with Gasteiger partial charge in [-0.05, 0) is 79.6 Å². The highest BCUT2D eigenvalue weighted by Gasteiger charge is 2.16. The standard InChI is InChI=1S/C21H19FN2O3S/c1-14-4-3-5-20(15(14)2)23-21(25)16-6-12-19(13-7-16)28(26,27)24-18-10-8-17(22)9-11-18/h3-13,24H,1-2H3,(H,23,25). The number of hydrogen-bond acceptors (Lipinski definition) is 3. The van der Waals surface area contributed by atoms with Crippen LogP contribution in [0.4, 0.5) is 15.8 Å². The molecular weight excluding hydrogens is 379 g/mol. The first-order valence-electron chi connectivity index (χ1n) is 8.52. The summed E-state index contributed by atoms with van der Waals surface area (Å²) in [5.74, 6) is -0.786. The van der Waals surface area contributed by atoms with Crippen molar-refractivity contribution in [3.63, 3.8) is 0 Å². The van der Waals surface area contributed by atoms with Gasteiger partial charge in [0.05, 0.1) is 4.90 Å². The quantitative estimate of drug-likeness (QED) is 0.665. The van der Waals surface area contributed by atoms with Crippen molar-refractivity contribution in [1.82, 2.24) is 0 Å². The Morgan fingerprint density at radius 1 is 0.893 bits per heavy atom. The highest BCUT2D eigenvalue weighted by atomic mass is 32.2. The average molecular weight is 398 g/mol. The van der Waals surface area contributed by atoms with Crippen LogP contribution >= 0.6 is 0 Å². The van der Waals surface area contributed by atoms with Crippen molar-refractivity contribution in [2.45, 2.75) is 18.7 Å². The lowest BCUT2D eigenvalue weighted by Gasteiger charge is -2.11. The van der Waals surface area contributed by atoms with E-state index in [1.807, 2.05) is 32.0 Å². The molecule has 0 bridgehead atoms. The van der Waals surface area contributed by atoms with Gasteiger partial charge in [-0.15, -0.1) is 0 Å². The first kappa shape index (κ1) is 19.6. The molecule has 5 nitrogen and oxygen atoms in total. The van der Waals surface area contributed by atoms with Gasteiger partial charge in [0, 0.05) is 16.9 Å². The van der Waals surface area contributed by atoms with Crippen molar-refractivity contribution in [2.75, 3.05) is 10.0 Å². The Bertz CT molecular complexity index is 1110. The molecule has 0 aliphatic rings. The number of aryl methyl sites for hydroxylation is 1. The molecule has 0 aliphatic carbocycles. The lowest BCUT2D eigenvalue weighted by Crippen LogP contribution is -2.15. The summed E-state index contributed by atoms with van der Waals surface area (Å²) in [7, 11) is -3.84. The molecule has 0 unspecified atom stereocenters. The van der Waals surface area contributed by atoms with Gasteiger partial charge in [0.2, 0.25) is 0 Å². The van der Waals surface area contributed by atoms with Crippen molar-refractivity contribution >= 4 is 27.3 Å². The zero-order chi connectivity index (χ0) is 20.3. The maximum absolute atomic E-state index is 13.0. The predicted octanol–water partition coefficient (Wildman–Crippen LogP) is 4.50. The molecule has 0 heterocycles. The molecule has 7 heteroatoms. The van der Waals surface area contributed by atoms with Gasteiger partial charge in [-0.25, -0.2) is 12.8 Å². The number of halogens is 1. The maximum Gasteiger partial charge on any atom is 0.261 e. The lowest BCUT2D eigenvalue weighted by molar-refractivity contribution is 0.102. The molecular formula is C21H19FN2O3S. The normalized spacial score (nSPS) is 11.1. The van der Waals surface area contributed by atoms with Crippen molar-refractivity contribution in [3.8, 4) is 0 Å². The van der Waals surface area contributed by atoms with E-state index in [4.69, 9.17) is 0 Å². The van der Waals surface area contributed by atoms with E-state index in [0.717, 1.165) is 11.1 Å². The van der Waals surface area contributed by atoms with E-state index in [9.17, 15) is 17.6 Å². The van der Waals surface area contributed by atoms with E-state index in [1.54, 1.807) is 0 Å². The second kappa shape index (κ2) is 7.82. The average Bonchev–Trinajstić information content (AvgIpc) is 2.67. The third-order valence-corrected chi connectivity index (χ3v) is 5.77. The van der Waals surface area contributed by atoms with Crippen LogP contribution < -0.4 is 10.0 Å². The largest absolute Gasteiger partial charge is 0.322 e. The highest BCUT2D eigenvalue weighted by molar-refractivity contribution is 7.92. The van der Waals surface area contributed by atoms with Gasteiger partial charge in [-0.1, -0.05) is 12.1 Å².